The van der Waals surface area contributed by atoms with Crippen LogP contribution >= 0.6 is 0 Å². The molecule has 1 fully saturated rings. The molecule has 2 unspecified atom stereocenters. The average Bonchev–Trinajstić information content (AvgIpc) is 3.23. The second-order valence-corrected chi connectivity index (χ2v) is 11.5. The Hall–Kier alpha value is -3.25. The van der Waals surface area contributed by atoms with Crippen LogP contribution < -0.4 is 14.8 Å². The van der Waals surface area contributed by atoms with Gasteiger partial charge in [0.2, 0.25) is 0 Å². The molecule has 3 aromatic rings. The number of phenols is 1. The molecule has 1 heterocycles. The van der Waals surface area contributed by atoms with E-state index < -0.39 is 0 Å². The van der Waals surface area contributed by atoms with Crippen molar-refractivity contribution in [2.45, 2.75) is 70.3 Å². The fraction of sp³-hybridized carbons (Fsp3) is 0.471. The minimum atomic E-state index is -0.297. The molecule has 0 amide bonds. The van der Waals surface area contributed by atoms with Gasteiger partial charge in [-0.3, -0.25) is 4.90 Å². The van der Waals surface area contributed by atoms with Crippen molar-refractivity contribution in [3.8, 4) is 17.2 Å². The predicted octanol–water partition coefficient (Wildman–Crippen LogP) is 7.11. The Morgan fingerprint density at radius 1 is 1.00 bits per heavy atom. The lowest BCUT2D eigenvalue weighted by Crippen LogP contribution is -2.29. The van der Waals surface area contributed by atoms with Gasteiger partial charge in [-0.25, -0.2) is 4.39 Å². The second kappa shape index (κ2) is 13.4. The monoisotopic (exact) mass is 546 g/mol. The number of halogens is 1. The molecular formula is C34H43FN2O3. The average molecular weight is 547 g/mol. The quantitative estimate of drug-likeness (QED) is 0.284. The van der Waals surface area contributed by atoms with Crippen molar-refractivity contribution in [1.82, 2.24) is 4.90 Å². The van der Waals surface area contributed by atoms with Crippen molar-refractivity contribution in [3.05, 3.63) is 82.7 Å². The molecule has 0 saturated carbocycles. The van der Waals surface area contributed by atoms with Gasteiger partial charge in [-0.1, -0.05) is 31.0 Å². The summed E-state index contributed by atoms with van der Waals surface area (Å²) in [5.74, 6) is 1.56. The zero-order chi connectivity index (χ0) is 27.9. The maximum Gasteiger partial charge on any atom is 0.165 e. The first-order chi connectivity index (χ1) is 19.5. The number of benzene rings is 3. The summed E-state index contributed by atoms with van der Waals surface area (Å²) in [6.45, 7) is 5.72. The van der Waals surface area contributed by atoms with Gasteiger partial charge in [0.15, 0.2) is 11.6 Å². The van der Waals surface area contributed by atoms with E-state index in [1.807, 2.05) is 24.3 Å². The zero-order valence-corrected chi connectivity index (χ0v) is 23.9. The number of anilines is 1. The van der Waals surface area contributed by atoms with Gasteiger partial charge < -0.3 is 19.9 Å². The standard InChI is InChI=1S/C34H43FN2O3/c1-24(19-25-7-14-34(32(35)20-25)40-18-17-37-15-5-3-4-6-16-37)36-33-23-30(39-2)12-13-31(33)28-9-8-27-22-29(38)11-10-26(27)21-28/h7,10-14,20,22-24,28,36,38H,3-6,8-9,15-19,21H2,1-2H3. The summed E-state index contributed by atoms with van der Waals surface area (Å²) in [5.41, 5.74) is 5.81. The van der Waals surface area contributed by atoms with Crippen LogP contribution in [0.3, 0.4) is 0 Å². The zero-order valence-electron chi connectivity index (χ0n) is 23.9. The van der Waals surface area contributed by atoms with Crippen LogP contribution in [0.2, 0.25) is 0 Å². The first-order valence-corrected chi connectivity index (χ1v) is 14.9. The molecule has 5 rings (SSSR count). The Kier molecular flexibility index (Phi) is 9.48. The lowest BCUT2D eigenvalue weighted by Gasteiger charge is -2.28. The third kappa shape index (κ3) is 7.28. The van der Waals surface area contributed by atoms with Gasteiger partial charge in [-0.05, 0) is 117 Å². The van der Waals surface area contributed by atoms with Crippen LogP contribution in [0.15, 0.2) is 54.6 Å². The molecule has 1 saturated heterocycles. The number of ether oxygens (including phenoxy) is 2. The van der Waals surface area contributed by atoms with Crippen molar-refractivity contribution in [2.75, 3.05) is 38.7 Å². The summed E-state index contributed by atoms with van der Waals surface area (Å²) in [5, 5.41) is 13.6. The Morgan fingerprint density at radius 2 is 1.82 bits per heavy atom. The van der Waals surface area contributed by atoms with Crippen LogP contribution in [-0.2, 0) is 19.3 Å². The first-order valence-electron chi connectivity index (χ1n) is 14.9. The van der Waals surface area contributed by atoms with Gasteiger partial charge in [-0.2, -0.15) is 0 Å². The fourth-order valence-electron chi connectivity index (χ4n) is 6.25. The van der Waals surface area contributed by atoms with Gasteiger partial charge in [0, 0.05) is 24.3 Å². The van der Waals surface area contributed by atoms with Crippen LogP contribution in [0.1, 0.15) is 67.2 Å². The fourth-order valence-corrected chi connectivity index (χ4v) is 6.25. The number of fused-ring (bicyclic) bond motifs is 1. The van der Waals surface area contributed by atoms with E-state index in [9.17, 15) is 9.50 Å². The number of rotatable bonds is 10. The van der Waals surface area contributed by atoms with Gasteiger partial charge in [-0.15, -0.1) is 0 Å². The topological polar surface area (TPSA) is 54.0 Å². The molecule has 2 N–H and O–H groups in total. The number of methoxy groups -OCH3 is 1. The van der Waals surface area contributed by atoms with Gasteiger partial charge in [0.25, 0.3) is 0 Å². The molecule has 0 bridgehead atoms. The third-order valence-corrected chi connectivity index (χ3v) is 8.42. The summed E-state index contributed by atoms with van der Waals surface area (Å²) < 4.78 is 26.3. The number of aromatic hydroxyl groups is 1. The molecule has 2 atom stereocenters. The van der Waals surface area contributed by atoms with E-state index in [1.54, 1.807) is 25.3 Å². The van der Waals surface area contributed by atoms with Crippen LogP contribution in [0.25, 0.3) is 0 Å². The number of nitrogens with one attached hydrogen (secondary N) is 1. The third-order valence-electron chi connectivity index (χ3n) is 8.42. The molecule has 0 radical (unpaired) electrons. The van der Waals surface area contributed by atoms with E-state index in [-0.39, 0.29) is 11.9 Å². The molecule has 0 spiro atoms. The minimum Gasteiger partial charge on any atom is -0.508 e. The number of aryl methyl sites for hydroxylation is 1. The minimum absolute atomic E-state index is 0.0906. The summed E-state index contributed by atoms with van der Waals surface area (Å²) in [6, 6.07) is 17.4. The molecule has 1 aliphatic heterocycles. The lowest BCUT2D eigenvalue weighted by atomic mass is 9.79. The summed E-state index contributed by atoms with van der Waals surface area (Å²) >= 11 is 0. The Bertz CT molecular complexity index is 1270. The number of phenolic OH excluding ortho intramolecular Hbond substituents is 1. The molecule has 0 aromatic heterocycles. The van der Waals surface area contributed by atoms with Gasteiger partial charge >= 0.3 is 0 Å². The maximum atomic E-state index is 14.9. The summed E-state index contributed by atoms with van der Waals surface area (Å²) in [4.78, 5) is 2.43. The van der Waals surface area contributed by atoms with Crippen LogP contribution in [0.4, 0.5) is 10.1 Å². The SMILES string of the molecule is COc1ccc(C2CCc3cc(O)ccc3C2)c(NC(C)Cc2ccc(OCCN3CCCCCC3)c(F)c2)c1. The molecule has 6 heteroatoms. The Morgan fingerprint density at radius 3 is 2.60 bits per heavy atom. The second-order valence-electron chi connectivity index (χ2n) is 11.5. The molecule has 1 aliphatic carbocycles. The Labute approximate surface area is 238 Å². The number of nitrogens with zero attached hydrogens (tertiary/aromatic N) is 1. The molecule has 3 aromatic carbocycles. The van der Waals surface area contributed by atoms with E-state index in [2.05, 4.69) is 29.3 Å². The van der Waals surface area contributed by atoms with Crippen LogP contribution in [-0.4, -0.2) is 49.4 Å². The highest BCUT2D eigenvalue weighted by molar-refractivity contribution is 5.58. The molecule has 2 aliphatic rings. The van der Waals surface area contributed by atoms with E-state index in [4.69, 9.17) is 9.47 Å². The number of likely N-dealkylation sites (tertiary alicyclic amines) is 1. The highest BCUT2D eigenvalue weighted by Crippen LogP contribution is 2.38. The van der Waals surface area contributed by atoms with E-state index in [1.165, 1.54) is 42.4 Å². The highest BCUT2D eigenvalue weighted by Gasteiger charge is 2.23. The van der Waals surface area contributed by atoms with E-state index >= 15 is 0 Å². The van der Waals surface area contributed by atoms with E-state index in [0.29, 0.717) is 30.4 Å². The van der Waals surface area contributed by atoms with Crippen molar-refractivity contribution in [1.29, 1.82) is 0 Å². The molecular weight excluding hydrogens is 503 g/mol. The maximum absolute atomic E-state index is 14.9. The van der Waals surface area contributed by atoms with Crippen LogP contribution in [0.5, 0.6) is 17.2 Å². The normalized spacial score (nSPS) is 18.4. The number of hydrogen-bond acceptors (Lipinski definition) is 5. The van der Waals surface area contributed by atoms with Crippen molar-refractivity contribution >= 4 is 5.69 Å². The summed E-state index contributed by atoms with van der Waals surface area (Å²) in [7, 11) is 1.69. The van der Waals surface area contributed by atoms with Gasteiger partial charge in [0.1, 0.15) is 18.1 Å². The Balaban J connectivity index is 1.21. The molecule has 5 nitrogen and oxygen atoms in total. The van der Waals surface area contributed by atoms with Gasteiger partial charge in [0.05, 0.1) is 7.11 Å². The number of hydrogen-bond donors (Lipinski definition) is 2. The van der Waals surface area contributed by atoms with Crippen LogP contribution in [0, 0.1) is 5.82 Å². The largest absolute Gasteiger partial charge is 0.508 e. The molecule has 214 valence electrons. The summed E-state index contributed by atoms with van der Waals surface area (Å²) in [6.07, 6.45) is 8.70. The lowest BCUT2D eigenvalue weighted by molar-refractivity contribution is 0.209. The molecule has 40 heavy (non-hydrogen) atoms. The van der Waals surface area contributed by atoms with E-state index in [0.717, 1.165) is 55.9 Å². The first kappa shape index (κ1) is 28.3. The predicted molar refractivity (Wildman–Crippen MR) is 159 cm³/mol. The smallest absolute Gasteiger partial charge is 0.165 e. The van der Waals surface area contributed by atoms with Crippen molar-refractivity contribution in [3.63, 3.8) is 0 Å². The highest BCUT2D eigenvalue weighted by atomic mass is 19.1. The van der Waals surface area contributed by atoms with Crippen molar-refractivity contribution < 1.29 is 19.0 Å². The van der Waals surface area contributed by atoms with Crippen molar-refractivity contribution in [2.24, 2.45) is 0 Å².